The molecule has 0 heterocycles. The second kappa shape index (κ2) is 20.8. The van der Waals surface area contributed by atoms with Crippen molar-refractivity contribution in [3.05, 3.63) is 0 Å². The maximum atomic E-state index is 5.82. The van der Waals surface area contributed by atoms with Crippen LogP contribution >= 0.6 is 0 Å². The van der Waals surface area contributed by atoms with Crippen LogP contribution in [0.15, 0.2) is 0 Å². The van der Waals surface area contributed by atoms with Crippen molar-refractivity contribution in [3.63, 3.8) is 0 Å². The lowest BCUT2D eigenvalue weighted by Crippen LogP contribution is -2.43. The van der Waals surface area contributed by atoms with E-state index in [1.54, 1.807) is 0 Å². The lowest BCUT2D eigenvalue weighted by molar-refractivity contribution is 0.228. The van der Waals surface area contributed by atoms with Crippen molar-refractivity contribution >= 4 is 0 Å². The minimum absolute atomic E-state index is 0.370. The zero-order chi connectivity index (χ0) is 25.7. The molecule has 8 nitrogen and oxygen atoms in total. The maximum Gasteiger partial charge on any atom is 0.0108 e. The molecule has 0 unspecified atom stereocenters. The second-order valence-electron chi connectivity index (χ2n) is 11.9. The Morgan fingerprint density at radius 1 is 0.441 bits per heavy atom. The molecule has 0 rings (SSSR count). The summed E-state index contributed by atoms with van der Waals surface area (Å²) in [7, 11) is 0. The first kappa shape index (κ1) is 33.7. The summed E-state index contributed by atoms with van der Waals surface area (Å²) in [6, 6.07) is 0. The number of hydrogen-bond donors (Lipinski definition) is 6. The zero-order valence-electron chi connectivity index (χ0n) is 23.8. The number of nitrogens with one attached hydrogen (secondary N) is 4. The van der Waals surface area contributed by atoms with Crippen LogP contribution in [-0.4, -0.2) is 115 Å². The Balaban J connectivity index is 4.10. The summed E-state index contributed by atoms with van der Waals surface area (Å²) in [6.07, 6.45) is 2.42. The lowest BCUT2D eigenvalue weighted by atomic mass is 9.92. The van der Waals surface area contributed by atoms with Gasteiger partial charge in [0.1, 0.15) is 0 Å². The first-order valence-electron chi connectivity index (χ1n) is 13.7. The van der Waals surface area contributed by atoms with Gasteiger partial charge in [-0.3, -0.25) is 4.90 Å². The van der Waals surface area contributed by atoms with Gasteiger partial charge in [-0.2, -0.15) is 0 Å². The van der Waals surface area contributed by atoms with E-state index in [1.165, 1.54) is 12.8 Å². The molecule has 8 N–H and O–H groups in total. The highest BCUT2D eigenvalue weighted by Crippen LogP contribution is 2.18. The van der Waals surface area contributed by atoms with Gasteiger partial charge in [0, 0.05) is 91.6 Å². The van der Waals surface area contributed by atoms with E-state index in [1.807, 2.05) is 0 Å². The van der Waals surface area contributed by atoms with E-state index in [0.29, 0.717) is 17.4 Å². The summed E-state index contributed by atoms with van der Waals surface area (Å²) in [5, 5.41) is 14.2. The van der Waals surface area contributed by atoms with E-state index < -0.39 is 0 Å². The molecule has 0 fully saturated rings. The monoisotopic (exact) mass is 487 g/mol. The molecule has 0 aliphatic rings. The summed E-state index contributed by atoms with van der Waals surface area (Å²) in [4.78, 5) is 5.03. The molecule has 0 aliphatic carbocycles. The molecule has 34 heavy (non-hydrogen) atoms. The molecule has 0 aromatic rings. The Morgan fingerprint density at radius 3 is 1.29 bits per heavy atom. The predicted molar refractivity (Wildman–Crippen MR) is 151 cm³/mol. The van der Waals surface area contributed by atoms with E-state index in [0.717, 1.165) is 98.2 Å². The van der Waals surface area contributed by atoms with Crippen LogP contribution in [0.5, 0.6) is 0 Å². The third-order valence-corrected chi connectivity index (χ3v) is 5.89. The van der Waals surface area contributed by atoms with Gasteiger partial charge in [-0.1, -0.05) is 41.5 Å². The fourth-order valence-corrected chi connectivity index (χ4v) is 3.54. The Morgan fingerprint density at radius 2 is 0.853 bits per heavy atom. The second-order valence-corrected chi connectivity index (χ2v) is 11.9. The Labute approximate surface area is 212 Å². The number of nitrogens with two attached hydrogens (primary N) is 2. The molecule has 0 aromatic carbocycles. The van der Waals surface area contributed by atoms with Crippen LogP contribution in [0.25, 0.3) is 0 Å². The van der Waals surface area contributed by atoms with Crippen LogP contribution in [0.1, 0.15) is 54.4 Å². The molecule has 0 spiro atoms. The maximum absolute atomic E-state index is 5.82. The molecule has 0 aromatic heterocycles. The van der Waals surface area contributed by atoms with Crippen LogP contribution in [0.4, 0.5) is 0 Å². The quantitative estimate of drug-likeness (QED) is 0.117. The van der Waals surface area contributed by atoms with Crippen molar-refractivity contribution in [1.82, 2.24) is 31.1 Å². The normalized spacial score (nSPS) is 12.9. The first-order valence-corrected chi connectivity index (χ1v) is 13.7. The van der Waals surface area contributed by atoms with Crippen molar-refractivity contribution in [3.8, 4) is 0 Å². The van der Waals surface area contributed by atoms with Gasteiger partial charge in [-0.25, -0.2) is 0 Å². The topological polar surface area (TPSA) is 107 Å². The average molecular weight is 487 g/mol. The molecular weight excluding hydrogens is 424 g/mol. The lowest BCUT2D eigenvalue weighted by Gasteiger charge is -2.27. The Bertz CT molecular complexity index is 433. The Kier molecular flexibility index (Phi) is 20.6. The molecule has 206 valence electrons. The average Bonchev–Trinajstić information content (AvgIpc) is 2.74. The standard InChI is InChI=1S/C26H62N8/c1-25(2,3)7-11-29-13-14-31-16-23-34(22-15-30-12-9-27)24-18-32-17-21-33(20-10-28)19-8-26(4,5)6/h29-32H,7-24,27-28H2,1-6H3. The summed E-state index contributed by atoms with van der Waals surface area (Å²) in [6.45, 7) is 29.7. The molecule has 0 aliphatic heterocycles. The van der Waals surface area contributed by atoms with Gasteiger partial charge in [0.05, 0.1) is 0 Å². The fourth-order valence-electron chi connectivity index (χ4n) is 3.54. The van der Waals surface area contributed by atoms with Gasteiger partial charge < -0.3 is 37.6 Å². The molecular formula is C26H62N8. The first-order chi connectivity index (χ1) is 16.1. The smallest absolute Gasteiger partial charge is 0.0108 e. The van der Waals surface area contributed by atoms with E-state index in [-0.39, 0.29) is 0 Å². The minimum Gasteiger partial charge on any atom is -0.329 e. The Hall–Kier alpha value is -0.320. The largest absolute Gasteiger partial charge is 0.329 e. The predicted octanol–water partition coefficient (Wildman–Crippen LogP) is 0.739. The molecule has 8 heteroatoms. The highest BCUT2D eigenvalue weighted by Gasteiger charge is 2.13. The summed E-state index contributed by atoms with van der Waals surface area (Å²) >= 11 is 0. The minimum atomic E-state index is 0.370. The third kappa shape index (κ3) is 24.8. The molecule has 0 bridgehead atoms. The summed E-state index contributed by atoms with van der Waals surface area (Å²) in [5.41, 5.74) is 12.2. The van der Waals surface area contributed by atoms with E-state index >= 15 is 0 Å². The van der Waals surface area contributed by atoms with Gasteiger partial charge in [-0.15, -0.1) is 0 Å². The van der Waals surface area contributed by atoms with Gasteiger partial charge >= 0.3 is 0 Å². The highest BCUT2D eigenvalue weighted by molar-refractivity contribution is 4.69. The van der Waals surface area contributed by atoms with Crippen LogP contribution in [0.2, 0.25) is 0 Å². The van der Waals surface area contributed by atoms with Crippen LogP contribution in [-0.2, 0) is 0 Å². The number of rotatable bonds is 23. The van der Waals surface area contributed by atoms with Crippen molar-refractivity contribution in [2.75, 3.05) is 105 Å². The van der Waals surface area contributed by atoms with E-state index in [9.17, 15) is 0 Å². The number of hydrogen-bond acceptors (Lipinski definition) is 8. The molecule has 0 saturated carbocycles. The fraction of sp³-hybridized carbons (Fsp3) is 1.00. The van der Waals surface area contributed by atoms with Crippen LogP contribution < -0.4 is 32.7 Å². The van der Waals surface area contributed by atoms with Crippen molar-refractivity contribution < 1.29 is 0 Å². The van der Waals surface area contributed by atoms with Gasteiger partial charge in [-0.05, 0) is 36.8 Å². The number of nitrogens with zero attached hydrogens (tertiary/aromatic N) is 2. The van der Waals surface area contributed by atoms with Crippen LogP contribution in [0, 0.1) is 10.8 Å². The van der Waals surface area contributed by atoms with Crippen molar-refractivity contribution in [1.29, 1.82) is 0 Å². The molecule has 0 amide bonds. The van der Waals surface area contributed by atoms with E-state index in [2.05, 4.69) is 72.6 Å². The third-order valence-electron chi connectivity index (χ3n) is 5.89. The van der Waals surface area contributed by atoms with Crippen molar-refractivity contribution in [2.45, 2.75) is 54.4 Å². The summed E-state index contributed by atoms with van der Waals surface area (Å²) in [5.74, 6) is 0. The van der Waals surface area contributed by atoms with Gasteiger partial charge in [0.15, 0.2) is 0 Å². The molecule has 0 atom stereocenters. The van der Waals surface area contributed by atoms with Crippen molar-refractivity contribution in [2.24, 2.45) is 22.3 Å². The van der Waals surface area contributed by atoms with Crippen LogP contribution in [0.3, 0.4) is 0 Å². The van der Waals surface area contributed by atoms with Gasteiger partial charge in [0.2, 0.25) is 0 Å². The molecule has 0 radical (unpaired) electrons. The van der Waals surface area contributed by atoms with Gasteiger partial charge in [0.25, 0.3) is 0 Å². The zero-order valence-corrected chi connectivity index (χ0v) is 23.8. The van der Waals surface area contributed by atoms with E-state index in [4.69, 9.17) is 11.5 Å². The SMILES string of the molecule is CC(C)(C)CCNCCNCCN(CCNCCN)CCNCCN(CCN)CCC(C)(C)C. The summed E-state index contributed by atoms with van der Waals surface area (Å²) < 4.78 is 0. The molecule has 0 saturated heterocycles. The highest BCUT2D eigenvalue weighted by atomic mass is 15.2.